The highest BCUT2D eigenvalue weighted by molar-refractivity contribution is 5.97. The van der Waals surface area contributed by atoms with Gasteiger partial charge >= 0.3 is 0 Å². The molecule has 0 aliphatic carbocycles. The van der Waals surface area contributed by atoms with E-state index in [1.807, 2.05) is 62.4 Å². The zero-order valence-electron chi connectivity index (χ0n) is 24.5. The van der Waals surface area contributed by atoms with E-state index < -0.39 is 5.82 Å². The van der Waals surface area contributed by atoms with Crippen LogP contribution in [-0.4, -0.2) is 41.8 Å². The molecular weight excluding hydrogens is 547 g/mol. The van der Waals surface area contributed by atoms with Gasteiger partial charge in [0.25, 0.3) is 0 Å². The first kappa shape index (κ1) is 28.0. The molecule has 10 heteroatoms. The zero-order chi connectivity index (χ0) is 29.9. The minimum Gasteiger partial charge on any atom is -0.497 e. The van der Waals surface area contributed by atoms with Gasteiger partial charge in [0.15, 0.2) is 5.82 Å². The summed E-state index contributed by atoms with van der Waals surface area (Å²) in [6.07, 6.45) is 3.31. The van der Waals surface area contributed by atoms with Crippen LogP contribution in [0.1, 0.15) is 23.6 Å². The lowest BCUT2D eigenvalue weighted by Gasteiger charge is -2.26. The maximum absolute atomic E-state index is 16.5. The molecule has 0 radical (unpaired) electrons. The lowest BCUT2D eigenvalue weighted by molar-refractivity contribution is 0.216. The van der Waals surface area contributed by atoms with Gasteiger partial charge in [-0.25, -0.2) is 19.3 Å². The van der Waals surface area contributed by atoms with Crippen molar-refractivity contribution >= 4 is 28.2 Å². The van der Waals surface area contributed by atoms with Crippen molar-refractivity contribution in [1.82, 2.24) is 15.0 Å². The van der Waals surface area contributed by atoms with Gasteiger partial charge < -0.3 is 30.2 Å². The predicted molar refractivity (Wildman–Crippen MR) is 167 cm³/mol. The molecule has 43 heavy (non-hydrogen) atoms. The number of rotatable bonds is 9. The third kappa shape index (κ3) is 5.81. The van der Waals surface area contributed by atoms with Gasteiger partial charge in [-0.15, -0.1) is 0 Å². The van der Waals surface area contributed by atoms with E-state index in [9.17, 15) is 0 Å². The van der Waals surface area contributed by atoms with Gasteiger partial charge in [-0.05, 0) is 60.9 Å². The van der Waals surface area contributed by atoms with Gasteiger partial charge in [-0.2, -0.15) is 0 Å². The number of nitrogens with one attached hydrogen (secondary N) is 3. The average Bonchev–Trinajstić information content (AvgIpc) is 3.04. The molecule has 3 aromatic carbocycles. The molecule has 0 amide bonds. The highest BCUT2D eigenvalue weighted by atomic mass is 19.1. The van der Waals surface area contributed by atoms with Crippen molar-refractivity contribution in [2.24, 2.45) is 0 Å². The van der Waals surface area contributed by atoms with Crippen LogP contribution in [-0.2, 0) is 13.1 Å². The molecular formula is C33H33FN6O3. The predicted octanol–water partition coefficient (Wildman–Crippen LogP) is 6.57. The van der Waals surface area contributed by atoms with E-state index in [-0.39, 0.29) is 6.10 Å². The third-order valence-electron chi connectivity index (χ3n) is 7.54. The number of aromatic nitrogens is 3. The van der Waals surface area contributed by atoms with E-state index in [4.69, 9.17) is 19.2 Å². The van der Waals surface area contributed by atoms with Gasteiger partial charge in [0.2, 0.25) is 11.8 Å². The van der Waals surface area contributed by atoms with Crippen LogP contribution >= 0.6 is 0 Å². The Balaban J connectivity index is 1.38. The third-order valence-corrected chi connectivity index (χ3v) is 7.54. The number of nitrogens with zero attached hydrogens (tertiary/aromatic N) is 3. The van der Waals surface area contributed by atoms with Crippen molar-refractivity contribution in [3.05, 3.63) is 89.5 Å². The van der Waals surface area contributed by atoms with E-state index in [2.05, 4.69) is 25.9 Å². The van der Waals surface area contributed by atoms with Crippen LogP contribution < -0.4 is 30.2 Å². The van der Waals surface area contributed by atoms with E-state index in [0.29, 0.717) is 59.2 Å². The summed E-state index contributed by atoms with van der Waals surface area (Å²) in [6, 6.07) is 17.2. The summed E-state index contributed by atoms with van der Waals surface area (Å²) in [5.41, 5.74) is 5.59. The van der Waals surface area contributed by atoms with Crippen LogP contribution in [0.3, 0.4) is 0 Å². The first-order valence-corrected chi connectivity index (χ1v) is 14.1. The molecule has 1 aliphatic heterocycles. The summed E-state index contributed by atoms with van der Waals surface area (Å²) in [4.78, 5) is 13.8. The molecule has 2 aromatic heterocycles. The largest absolute Gasteiger partial charge is 0.497 e. The van der Waals surface area contributed by atoms with Crippen LogP contribution in [0, 0.1) is 12.7 Å². The normalized spacial score (nSPS) is 13.9. The van der Waals surface area contributed by atoms with Gasteiger partial charge in [-0.1, -0.05) is 24.3 Å². The number of ether oxygens (including phenoxy) is 3. The standard InChI is InChI=1S/C33H33FN6O3/c1-19-14-35-30-20(2)26(17-37-32(30)43-19)25-13-28-27(31(29(25)34)36-15-21-5-9-23(41-3)10-6-21)18-39-33(40-28)38-16-22-7-11-24(42-4)12-8-22/h5-13,17-19,35-36H,14-16H2,1-4H3,(H,38,39,40). The Labute approximate surface area is 249 Å². The molecule has 0 saturated carbocycles. The summed E-state index contributed by atoms with van der Waals surface area (Å²) in [7, 11) is 3.26. The first-order valence-electron chi connectivity index (χ1n) is 14.1. The van der Waals surface area contributed by atoms with Crippen molar-refractivity contribution in [2.75, 3.05) is 36.7 Å². The minimum absolute atomic E-state index is 0.00283. The highest BCUT2D eigenvalue weighted by Gasteiger charge is 2.24. The van der Waals surface area contributed by atoms with Crippen LogP contribution in [0.25, 0.3) is 22.0 Å². The van der Waals surface area contributed by atoms with Crippen molar-refractivity contribution in [1.29, 1.82) is 0 Å². The Kier molecular flexibility index (Phi) is 7.83. The van der Waals surface area contributed by atoms with Crippen molar-refractivity contribution in [3.8, 4) is 28.5 Å². The highest BCUT2D eigenvalue weighted by Crippen LogP contribution is 2.40. The SMILES string of the molecule is COc1ccc(CNc2ncc3c(NCc4ccc(OC)cc4)c(F)c(-c4cnc5c(c4C)NCC(C)O5)cc3n2)cc1. The summed E-state index contributed by atoms with van der Waals surface area (Å²) in [5, 5.41) is 10.5. The van der Waals surface area contributed by atoms with Crippen molar-refractivity contribution in [3.63, 3.8) is 0 Å². The molecule has 5 aromatic rings. The molecule has 1 atom stereocenters. The maximum atomic E-state index is 16.5. The summed E-state index contributed by atoms with van der Waals surface area (Å²) in [6.45, 7) is 5.47. The first-order chi connectivity index (χ1) is 20.9. The zero-order valence-corrected chi connectivity index (χ0v) is 24.5. The monoisotopic (exact) mass is 580 g/mol. The molecule has 9 nitrogen and oxygen atoms in total. The maximum Gasteiger partial charge on any atom is 0.238 e. The van der Waals surface area contributed by atoms with Crippen molar-refractivity contribution < 1.29 is 18.6 Å². The number of benzene rings is 3. The lowest BCUT2D eigenvalue weighted by atomic mass is 9.98. The number of halogens is 1. The summed E-state index contributed by atoms with van der Waals surface area (Å²) >= 11 is 0. The molecule has 220 valence electrons. The van der Waals surface area contributed by atoms with Crippen LogP contribution in [0.4, 0.5) is 21.7 Å². The molecule has 0 bridgehead atoms. The van der Waals surface area contributed by atoms with E-state index >= 15 is 4.39 Å². The molecule has 1 aliphatic rings. The second-order valence-corrected chi connectivity index (χ2v) is 10.4. The molecule has 0 spiro atoms. The fourth-order valence-electron chi connectivity index (χ4n) is 5.09. The smallest absolute Gasteiger partial charge is 0.238 e. The van der Waals surface area contributed by atoms with Gasteiger partial charge in [0, 0.05) is 42.0 Å². The van der Waals surface area contributed by atoms with Crippen LogP contribution in [0.15, 0.2) is 67.0 Å². The molecule has 0 fully saturated rings. The Morgan fingerprint density at radius 1 is 0.907 bits per heavy atom. The Morgan fingerprint density at radius 3 is 2.21 bits per heavy atom. The topological polar surface area (TPSA) is 102 Å². The van der Waals surface area contributed by atoms with Crippen LogP contribution in [0.2, 0.25) is 0 Å². The molecule has 1 unspecified atom stereocenters. The lowest BCUT2D eigenvalue weighted by Crippen LogP contribution is -2.28. The van der Waals surface area contributed by atoms with Gasteiger partial charge in [-0.3, -0.25) is 0 Å². The Bertz CT molecular complexity index is 1760. The molecule has 6 rings (SSSR count). The second kappa shape index (κ2) is 12.0. The molecule has 3 N–H and O–H groups in total. The van der Waals surface area contributed by atoms with Crippen LogP contribution in [0.5, 0.6) is 17.4 Å². The molecule has 0 saturated heterocycles. The minimum atomic E-state index is -0.404. The van der Waals surface area contributed by atoms with Gasteiger partial charge in [0.1, 0.15) is 23.3 Å². The Hall–Kier alpha value is -5.12. The average molecular weight is 581 g/mol. The number of hydrogen-bond acceptors (Lipinski definition) is 9. The quantitative estimate of drug-likeness (QED) is 0.179. The summed E-state index contributed by atoms with van der Waals surface area (Å²) < 4.78 is 32.9. The second-order valence-electron chi connectivity index (χ2n) is 10.4. The van der Waals surface area contributed by atoms with E-state index in [0.717, 1.165) is 33.9 Å². The van der Waals surface area contributed by atoms with Gasteiger partial charge in [0.05, 0.1) is 32.0 Å². The fraction of sp³-hybridized carbons (Fsp3) is 0.242. The Morgan fingerprint density at radius 2 is 1.56 bits per heavy atom. The summed E-state index contributed by atoms with van der Waals surface area (Å²) in [5.74, 6) is 2.10. The number of anilines is 3. The van der Waals surface area contributed by atoms with E-state index in [1.54, 1.807) is 32.7 Å². The number of pyridine rings is 1. The van der Waals surface area contributed by atoms with Crippen molar-refractivity contribution in [2.45, 2.75) is 33.0 Å². The molecule has 3 heterocycles. The van der Waals surface area contributed by atoms with E-state index in [1.165, 1.54) is 0 Å². The number of fused-ring (bicyclic) bond motifs is 2. The number of hydrogen-bond donors (Lipinski definition) is 3. The fourth-order valence-corrected chi connectivity index (χ4v) is 5.09. The number of methoxy groups -OCH3 is 2.